The van der Waals surface area contributed by atoms with Crippen molar-refractivity contribution in [2.75, 3.05) is 50.1 Å². The average molecular weight is 482 g/mol. The Morgan fingerprint density at radius 1 is 1.21 bits per heavy atom. The number of morpholine rings is 1. The number of aromatic amines is 1. The van der Waals surface area contributed by atoms with Gasteiger partial charge in [-0.3, -0.25) is 4.90 Å². The predicted molar refractivity (Wildman–Crippen MR) is 140 cm³/mol. The van der Waals surface area contributed by atoms with Gasteiger partial charge in [-0.25, -0.2) is 9.78 Å². The summed E-state index contributed by atoms with van der Waals surface area (Å²) < 4.78 is 11.2. The molecule has 3 N–H and O–H groups in total. The lowest BCUT2D eigenvalue weighted by molar-refractivity contribution is 0.0385. The van der Waals surface area contributed by atoms with E-state index in [4.69, 9.17) is 9.47 Å². The summed E-state index contributed by atoms with van der Waals surface area (Å²) in [6, 6.07) is 7.74. The number of rotatable bonds is 8. The first kappa shape index (κ1) is 24.2. The fourth-order valence-corrected chi connectivity index (χ4v) is 5.26. The lowest BCUT2D eigenvalue weighted by Crippen LogP contribution is -2.37. The Morgan fingerprint density at radius 2 is 2.00 bits per heavy atom. The van der Waals surface area contributed by atoms with Gasteiger partial charge in [-0.1, -0.05) is 30.9 Å². The van der Waals surface area contributed by atoms with Gasteiger partial charge in [0.25, 0.3) is 0 Å². The molecule has 1 aliphatic heterocycles. The number of carbonyl (C=O) groups excluding carboxylic acids is 1. The van der Waals surface area contributed by atoms with E-state index in [9.17, 15) is 4.79 Å². The van der Waals surface area contributed by atoms with Crippen LogP contribution in [0.2, 0.25) is 19.6 Å². The van der Waals surface area contributed by atoms with Gasteiger partial charge < -0.3 is 25.1 Å². The van der Waals surface area contributed by atoms with Crippen molar-refractivity contribution in [3.63, 3.8) is 0 Å². The van der Waals surface area contributed by atoms with Gasteiger partial charge in [-0.15, -0.1) is 0 Å². The van der Waals surface area contributed by atoms with Crippen molar-refractivity contribution in [2.24, 2.45) is 0 Å². The van der Waals surface area contributed by atoms with E-state index in [1.54, 1.807) is 6.20 Å². The molecule has 1 aliphatic rings. The summed E-state index contributed by atoms with van der Waals surface area (Å²) in [5, 5.41) is 8.19. The first-order chi connectivity index (χ1) is 16.3. The Kier molecular flexibility index (Phi) is 7.55. The molecule has 34 heavy (non-hydrogen) atoms. The Hall–Kier alpha value is -2.88. The number of aromatic nitrogens is 2. The molecule has 0 saturated carbocycles. The molecule has 182 valence electrons. The molecule has 0 unspecified atom stereocenters. The lowest BCUT2D eigenvalue weighted by atomic mass is 10.1. The van der Waals surface area contributed by atoms with E-state index < -0.39 is 8.07 Å². The number of amides is 2. The van der Waals surface area contributed by atoms with Gasteiger partial charge in [0.05, 0.1) is 45.5 Å². The van der Waals surface area contributed by atoms with Gasteiger partial charge in [0.2, 0.25) is 0 Å². The average Bonchev–Trinajstić information content (AvgIpc) is 3.21. The highest BCUT2D eigenvalue weighted by molar-refractivity contribution is 6.88. The molecule has 0 atom stereocenters. The molecule has 2 amide bonds. The molecular weight excluding hydrogens is 446 g/mol. The number of anilines is 2. The highest BCUT2D eigenvalue weighted by atomic mass is 28.3. The topological polar surface area (TPSA) is 91.5 Å². The van der Waals surface area contributed by atoms with Crippen LogP contribution in [0.25, 0.3) is 11.0 Å². The Bertz CT molecular complexity index is 1140. The molecule has 1 saturated heterocycles. The van der Waals surface area contributed by atoms with Crippen molar-refractivity contribution in [1.29, 1.82) is 0 Å². The first-order valence-corrected chi connectivity index (χ1v) is 15.4. The summed E-state index contributed by atoms with van der Waals surface area (Å²) in [6.45, 7) is 13.8. The molecule has 0 aliphatic carbocycles. The maximum Gasteiger partial charge on any atom is 0.323 e. The van der Waals surface area contributed by atoms with Crippen LogP contribution in [0.5, 0.6) is 5.75 Å². The smallest absolute Gasteiger partial charge is 0.323 e. The van der Waals surface area contributed by atoms with Crippen LogP contribution in [0.3, 0.4) is 0 Å². The standard InChI is InChI=1S/C25H35N5O3Si/c1-5-33-23-7-6-20(34(2,3)4)15-22(23)29-25(31)28-19-14-21-18(16-26-24(21)27-17-19)8-9-30-10-12-32-13-11-30/h6-7,14-17H,5,8-13H2,1-4H3,(H,26,27)(H2,28,29,31). The fraction of sp³-hybridized carbons (Fsp3) is 0.440. The first-order valence-electron chi connectivity index (χ1n) is 11.9. The second-order valence-corrected chi connectivity index (χ2v) is 14.7. The minimum atomic E-state index is -1.54. The number of hydrogen-bond acceptors (Lipinski definition) is 5. The summed E-state index contributed by atoms with van der Waals surface area (Å²) in [7, 11) is -1.54. The van der Waals surface area contributed by atoms with Crippen LogP contribution in [0.4, 0.5) is 16.2 Å². The van der Waals surface area contributed by atoms with E-state index in [0.29, 0.717) is 23.7 Å². The molecular formula is C25H35N5O3Si. The predicted octanol–water partition coefficient (Wildman–Crippen LogP) is 4.03. The zero-order valence-electron chi connectivity index (χ0n) is 20.5. The maximum atomic E-state index is 12.9. The molecule has 9 heteroatoms. The summed E-state index contributed by atoms with van der Waals surface area (Å²) in [5.41, 5.74) is 3.35. The van der Waals surface area contributed by atoms with Crippen LogP contribution in [-0.2, 0) is 11.2 Å². The minimum Gasteiger partial charge on any atom is -0.492 e. The molecule has 4 rings (SSSR count). The summed E-state index contributed by atoms with van der Waals surface area (Å²) in [5.74, 6) is 0.671. The number of benzene rings is 1. The molecule has 3 heterocycles. The number of urea groups is 1. The third-order valence-electron chi connectivity index (χ3n) is 6.07. The number of carbonyl (C=O) groups is 1. The van der Waals surface area contributed by atoms with Gasteiger partial charge in [0, 0.05) is 31.2 Å². The molecule has 1 fully saturated rings. The normalized spacial score (nSPS) is 14.8. The molecule has 0 bridgehead atoms. The van der Waals surface area contributed by atoms with Crippen molar-refractivity contribution >= 4 is 41.7 Å². The molecule has 1 aromatic carbocycles. The van der Waals surface area contributed by atoms with Crippen LogP contribution in [-0.4, -0.2) is 68.4 Å². The van der Waals surface area contributed by atoms with E-state index in [1.807, 2.05) is 31.3 Å². The highest BCUT2D eigenvalue weighted by Gasteiger charge is 2.19. The van der Waals surface area contributed by atoms with Crippen LogP contribution in [0, 0.1) is 0 Å². The van der Waals surface area contributed by atoms with Gasteiger partial charge in [-0.2, -0.15) is 0 Å². The summed E-state index contributed by atoms with van der Waals surface area (Å²) >= 11 is 0. The Labute approximate surface area is 202 Å². The molecule has 0 spiro atoms. The second kappa shape index (κ2) is 10.6. The van der Waals surface area contributed by atoms with Gasteiger partial charge in [-0.05, 0) is 37.1 Å². The molecule has 2 aromatic heterocycles. The van der Waals surface area contributed by atoms with Crippen LogP contribution in [0.15, 0.2) is 36.7 Å². The summed E-state index contributed by atoms with van der Waals surface area (Å²) in [4.78, 5) is 23.0. The van der Waals surface area contributed by atoms with Crippen molar-refractivity contribution in [3.05, 3.63) is 42.2 Å². The molecule has 3 aromatic rings. The maximum absolute atomic E-state index is 12.9. The molecule has 8 nitrogen and oxygen atoms in total. The van der Waals surface area contributed by atoms with Crippen molar-refractivity contribution < 1.29 is 14.3 Å². The Balaban J connectivity index is 1.46. The van der Waals surface area contributed by atoms with Crippen molar-refractivity contribution in [1.82, 2.24) is 14.9 Å². The minimum absolute atomic E-state index is 0.319. The van der Waals surface area contributed by atoms with Crippen LogP contribution >= 0.6 is 0 Å². The lowest BCUT2D eigenvalue weighted by Gasteiger charge is -2.26. The van der Waals surface area contributed by atoms with Crippen molar-refractivity contribution in [3.8, 4) is 5.75 Å². The second-order valence-electron chi connectivity index (χ2n) is 9.61. The van der Waals surface area contributed by atoms with Crippen molar-refractivity contribution in [2.45, 2.75) is 33.0 Å². The van der Waals surface area contributed by atoms with Crippen LogP contribution < -0.4 is 20.6 Å². The van der Waals surface area contributed by atoms with Crippen LogP contribution in [0.1, 0.15) is 12.5 Å². The van der Waals surface area contributed by atoms with E-state index in [1.165, 1.54) is 10.8 Å². The number of H-pyrrole nitrogens is 1. The number of nitrogens with zero attached hydrogens (tertiary/aromatic N) is 2. The van der Waals surface area contributed by atoms with E-state index in [-0.39, 0.29) is 6.03 Å². The number of pyridine rings is 1. The van der Waals surface area contributed by atoms with Gasteiger partial charge >= 0.3 is 6.03 Å². The highest BCUT2D eigenvalue weighted by Crippen LogP contribution is 2.25. The SMILES string of the molecule is CCOc1ccc([Si](C)(C)C)cc1NC(=O)Nc1cnc2[nH]cc(CCN3CCOCC3)c2c1. The van der Waals surface area contributed by atoms with E-state index >= 15 is 0 Å². The largest absolute Gasteiger partial charge is 0.492 e. The zero-order valence-corrected chi connectivity index (χ0v) is 21.5. The van der Waals surface area contributed by atoms with E-state index in [2.05, 4.69) is 51.2 Å². The fourth-order valence-electron chi connectivity index (χ4n) is 4.10. The zero-order chi connectivity index (χ0) is 24.1. The monoisotopic (exact) mass is 481 g/mol. The van der Waals surface area contributed by atoms with Gasteiger partial charge in [0.15, 0.2) is 0 Å². The number of nitrogens with one attached hydrogen (secondary N) is 3. The quantitative estimate of drug-likeness (QED) is 0.423. The third-order valence-corrected chi connectivity index (χ3v) is 8.11. The third kappa shape index (κ3) is 5.97. The summed E-state index contributed by atoms with van der Waals surface area (Å²) in [6.07, 6.45) is 4.60. The number of hydrogen-bond donors (Lipinski definition) is 3. The van der Waals surface area contributed by atoms with E-state index in [0.717, 1.165) is 50.3 Å². The number of fused-ring (bicyclic) bond motifs is 1. The molecule has 0 radical (unpaired) electrons. The Morgan fingerprint density at radius 3 is 2.74 bits per heavy atom. The number of ether oxygens (including phenoxy) is 2. The van der Waals surface area contributed by atoms with Gasteiger partial charge in [0.1, 0.15) is 11.4 Å².